The number of aryl methyl sites for hydroxylation is 1. The first-order valence-corrected chi connectivity index (χ1v) is 8.88. The lowest BCUT2D eigenvalue weighted by molar-refractivity contribution is -0.128. The fourth-order valence-electron chi connectivity index (χ4n) is 2.62. The van der Waals surface area contributed by atoms with E-state index in [1.807, 2.05) is 67.6 Å². The van der Waals surface area contributed by atoms with Crippen molar-refractivity contribution in [2.24, 2.45) is 0 Å². The van der Waals surface area contributed by atoms with Gasteiger partial charge in [-0.2, -0.15) is 5.26 Å². The van der Waals surface area contributed by atoms with Gasteiger partial charge in [-0.15, -0.1) is 0 Å². The van der Waals surface area contributed by atoms with E-state index in [9.17, 15) is 10.1 Å². The first-order chi connectivity index (χ1) is 13.6. The molecule has 0 aliphatic carbocycles. The Kier molecular flexibility index (Phi) is 6.17. The highest BCUT2D eigenvalue weighted by Crippen LogP contribution is 2.20. The zero-order chi connectivity index (χ0) is 19.8. The van der Waals surface area contributed by atoms with Gasteiger partial charge in [-0.25, -0.2) is 4.79 Å². The van der Waals surface area contributed by atoms with Crippen LogP contribution in [-0.4, -0.2) is 5.97 Å². The Morgan fingerprint density at radius 3 is 2.39 bits per heavy atom. The Labute approximate surface area is 164 Å². The number of carbonyl (C=O) groups is 1. The standard InChI is InChI=1S/C25H19NO2/c1-19-10-12-20(13-11-19)14-15-25(27)28-24-9-5-6-21(17-24)16-23(18-26)22-7-3-2-4-8-22/h2-17H,1H3/b15-14+,23-16-. The molecular formula is C25H19NO2. The highest BCUT2D eigenvalue weighted by molar-refractivity contribution is 5.90. The van der Waals surface area contributed by atoms with Gasteiger partial charge in [0.15, 0.2) is 0 Å². The Hall–Kier alpha value is -3.90. The zero-order valence-electron chi connectivity index (χ0n) is 15.5. The number of nitrogens with zero attached hydrogens (tertiary/aromatic N) is 1. The van der Waals surface area contributed by atoms with Crippen LogP contribution in [0.4, 0.5) is 0 Å². The van der Waals surface area contributed by atoms with Gasteiger partial charge in [-0.1, -0.05) is 72.3 Å². The van der Waals surface area contributed by atoms with Crippen molar-refractivity contribution in [3.63, 3.8) is 0 Å². The monoisotopic (exact) mass is 365 g/mol. The van der Waals surface area contributed by atoms with E-state index in [1.165, 1.54) is 6.08 Å². The van der Waals surface area contributed by atoms with Gasteiger partial charge in [-0.3, -0.25) is 0 Å². The van der Waals surface area contributed by atoms with Gasteiger partial charge in [0.2, 0.25) is 0 Å². The van der Waals surface area contributed by atoms with E-state index >= 15 is 0 Å². The first kappa shape index (κ1) is 18.9. The molecule has 0 radical (unpaired) electrons. The normalized spacial score (nSPS) is 11.2. The Morgan fingerprint density at radius 2 is 1.68 bits per heavy atom. The zero-order valence-corrected chi connectivity index (χ0v) is 15.5. The molecule has 0 saturated carbocycles. The summed E-state index contributed by atoms with van der Waals surface area (Å²) in [6.07, 6.45) is 4.89. The van der Waals surface area contributed by atoms with Crippen LogP contribution in [0.5, 0.6) is 5.75 Å². The van der Waals surface area contributed by atoms with Crippen molar-refractivity contribution in [2.45, 2.75) is 6.92 Å². The van der Waals surface area contributed by atoms with Crippen LogP contribution in [-0.2, 0) is 4.79 Å². The van der Waals surface area contributed by atoms with Crippen LogP contribution < -0.4 is 4.74 Å². The van der Waals surface area contributed by atoms with E-state index in [-0.39, 0.29) is 0 Å². The van der Waals surface area contributed by atoms with Crippen LogP contribution in [0.25, 0.3) is 17.7 Å². The summed E-state index contributed by atoms with van der Waals surface area (Å²) in [4.78, 5) is 12.1. The molecule has 3 aromatic rings. The van der Waals surface area contributed by atoms with Crippen LogP contribution in [0, 0.1) is 18.3 Å². The molecule has 28 heavy (non-hydrogen) atoms. The summed E-state index contributed by atoms with van der Waals surface area (Å²) in [5.74, 6) is -0.0251. The third-order valence-electron chi connectivity index (χ3n) is 4.08. The smallest absolute Gasteiger partial charge is 0.336 e. The van der Waals surface area contributed by atoms with Gasteiger partial charge in [0.25, 0.3) is 0 Å². The van der Waals surface area contributed by atoms with E-state index in [1.54, 1.807) is 30.4 Å². The minimum absolute atomic E-state index is 0.428. The lowest BCUT2D eigenvalue weighted by atomic mass is 10.0. The van der Waals surface area contributed by atoms with Gasteiger partial charge in [0.05, 0.1) is 11.6 Å². The molecule has 0 atom stereocenters. The van der Waals surface area contributed by atoms with Crippen molar-refractivity contribution in [3.8, 4) is 11.8 Å². The van der Waals surface area contributed by atoms with Crippen molar-refractivity contribution < 1.29 is 9.53 Å². The van der Waals surface area contributed by atoms with Crippen molar-refractivity contribution in [3.05, 3.63) is 107 Å². The van der Waals surface area contributed by atoms with Gasteiger partial charge >= 0.3 is 5.97 Å². The maximum absolute atomic E-state index is 12.1. The molecule has 0 spiro atoms. The van der Waals surface area contributed by atoms with Gasteiger partial charge in [0.1, 0.15) is 5.75 Å². The molecule has 0 bridgehead atoms. The van der Waals surface area contributed by atoms with Crippen LogP contribution in [0.3, 0.4) is 0 Å². The quantitative estimate of drug-likeness (QED) is 0.192. The first-order valence-electron chi connectivity index (χ1n) is 8.88. The number of hydrogen-bond donors (Lipinski definition) is 0. The minimum atomic E-state index is -0.453. The topological polar surface area (TPSA) is 50.1 Å². The van der Waals surface area contributed by atoms with E-state index < -0.39 is 5.97 Å². The number of allylic oxidation sites excluding steroid dienone is 1. The van der Waals surface area contributed by atoms with Gasteiger partial charge in [0, 0.05) is 6.08 Å². The number of ether oxygens (including phenoxy) is 1. The van der Waals surface area contributed by atoms with E-state index in [2.05, 4.69) is 6.07 Å². The molecule has 0 heterocycles. The molecular weight excluding hydrogens is 346 g/mol. The molecule has 3 heteroatoms. The van der Waals surface area contributed by atoms with Crippen LogP contribution in [0.2, 0.25) is 0 Å². The van der Waals surface area contributed by atoms with Gasteiger partial charge < -0.3 is 4.74 Å². The number of rotatable bonds is 5. The largest absolute Gasteiger partial charge is 0.423 e. The maximum Gasteiger partial charge on any atom is 0.336 e. The van der Waals surface area contributed by atoms with Crippen LogP contribution in [0.1, 0.15) is 22.3 Å². The predicted octanol–water partition coefficient (Wildman–Crippen LogP) is 5.68. The molecule has 0 N–H and O–H groups in total. The third kappa shape index (κ3) is 5.30. The highest BCUT2D eigenvalue weighted by atomic mass is 16.5. The number of nitriles is 1. The van der Waals surface area contributed by atoms with Crippen LogP contribution in [0.15, 0.2) is 84.9 Å². The fourth-order valence-corrected chi connectivity index (χ4v) is 2.62. The number of esters is 1. The van der Waals surface area contributed by atoms with Crippen LogP contribution >= 0.6 is 0 Å². The molecule has 0 saturated heterocycles. The summed E-state index contributed by atoms with van der Waals surface area (Å²) in [5, 5.41) is 9.44. The summed E-state index contributed by atoms with van der Waals surface area (Å²) >= 11 is 0. The second kappa shape index (κ2) is 9.16. The van der Waals surface area contributed by atoms with Crippen molar-refractivity contribution in [1.29, 1.82) is 5.26 Å². The SMILES string of the molecule is Cc1ccc(/C=C/C(=O)Oc2cccc(/C=C(/C#N)c3ccccc3)c2)cc1. The predicted molar refractivity (Wildman–Crippen MR) is 112 cm³/mol. The van der Waals surface area contributed by atoms with Crippen molar-refractivity contribution in [1.82, 2.24) is 0 Å². The average molecular weight is 365 g/mol. The molecule has 3 nitrogen and oxygen atoms in total. The Balaban J connectivity index is 1.72. The summed E-state index contributed by atoms with van der Waals surface area (Å²) in [5.41, 5.74) is 4.27. The lowest BCUT2D eigenvalue weighted by Gasteiger charge is -2.04. The molecule has 0 aliphatic rings. The van der Waals surface area contributed by atoms with E-state index in [0.717, 1.165) is 22.3 Å². The summed E-state index contributed by atoms with van der Waals surface area (Å²) in [7, 11) is 0. The molecule has 3 aromatic carbocycles. The molecule has 3 rings (SSSR count). The number of hydrogen-bond acceptors (Lipinski definition) is 3. The minimum Gasteiger partial charge on any atom is -0.423 e. The fraction of sp³-hybridized carbons (Fsp3) is 0.0400. The summed E-state index contributed by atoms with van der Waals surface area (Å²) in [6.45, 7) is 2.01. The van der Waals surface area contributed by atoms with Crippen molar-refractivity contribution in [2.75, 3.05) is 0 Å². The Morgan fingerprint density at radius 1 is 0.929 bits per heavy atom. The lowest BCUT2D eigenvalue weighted by Crippen LogP contribution is -2.03. The average Bonchev–Trinajstić information content (AvgIpc) is 2.72. The number of benzene rings is 3. The Bertz CT molecular complexity index is 1060. The van der Waals surface area contributed by atoms with Crippen molar-refractivity contribution >= 4 is 23.7 Å². The second-order valence-corrected chi connectivity index (χ2v) is 6.27. The summed E-state index contributed by atoms with van der Waals surface area (Å²) in [6, 6.07) is 26.6. The summed E-state index contributed by atoms with van der Waals surface area (Å²) < 4.78 is 5.38. The molecule has 136 valence electrons. The number of carbonyl (C=O) groups excluding carboxylic acids is 1. The third-order valence-corrected chi connectivity index (χ3v) is 4.08. The molecule has 0 aliphatic heterocycles. The molecule has 0 amide bonds. The van der Waals surface area contributed by atoms with E-state index in [4.69, 9.17) is 4.74 Å². The molecule has 0 aromatic heterocycles. The molecule has 0 unspecified atom stereocenters. The second-order valence-electron chi connectivity index (χ2n) is 6.27. The highest BCUT2D eigenvalue weighted by Gasteiger charge is 2.04. The van der Waals surface area contributed by atoms with Gasteiger partial charge in [-0.05, 0) is 47.9 Å². The molecule has 0 fully saturated rings. The van der Waals surface area contributed by atoms with E-state index in [0.29, 0.717) is 11.3 Å². The maximum atomic E-state index is 12.1.